The molecular formula is C13H18F2IN3. The first kappa shape index (κ1) is 16.1. The summed E-state index contributed by atoms with van der Waals surface area (Å²) in [6.07, 6.45) is -2.34. The first-order chi connectivity index (χ1) is 8.66. The van der Waals surface area contributed by atoms with Crippen LogP contribution in [0.1, 0.15) is 12.5 Å². The molecule has 0 aromatic heterocycles. The number of alkyl halides is 2. The van der Waals surface area contributed by atoms with Crippen LogP contribution in [0.15, 0.2) is 35.3 Å². The zero-order valence-corrected chi connectivity index (χ0v) is 13.1. The Hall–Kier alpha value is -0.920. The van der Waals surface area contributed by atoms with E-state index < -0.39 is 6.43 Å². The highest BCUT2D eigenvalue weighted by atomic mass is 127. The van der Waals surface area contributed by atoms with Crippen LogP contribution in [0, 0.1) is 0 Å². The smallest absolute Gasteiger partial charge is 0.255 e. The Kier molecular flexibility index (Phi) is 6.47. The molecule has 1 aromatic rings. The predicted octanol–water partition coefficient (Wildman–Crippen LogP) is 2.72. The van der Waals surface area contributed by atoms with Gasteiger partial charge >= 0.3 is 0 Å². The Morgan fingerprint density at radius 1 is 1.37 bits per heavy atom. The molecule has 6 heteroatoms. The Balaban J connectivity index is 0.00000180. The van der Waals surface area contributed by atoms with Crippen molar-refractivity contribution in [2.45, 2.75) is 25.9 Å². The van der Waals surface area contributed by atoms with Gasteiger partial charge in [-0.2, -0.15) is 0 Å². The Labute approximate surface area is 129 Å². The molecule has 1 aromatic carbocycles. The summed E-state index contributed by atoms with van der Waals surface area (Å²) in [6, 6.07) is 9.87. The van der Waals surface area contributed by atoms with Crippen LogP contribution in [0.5, 0.6) is 0 Å². The molecule has 0 fully saturated rings. The van der Waals surface area contributed by atoms with Gasteiger partial charge in [-0.15, -0.1) is 24.0 Å². The largest absolute Gasteiger partial charge is 0.352 e. The van der Waals surface area contributed by atoms with Crippen LogP contribution in [0.3, 0.4) is 0 Å². The fraction of sp³-hybridized carbons (Fsp3) is 0.462. The van der Waals surface area contributed by atoms with E-state index in [1.165, 1.54) is 0 Å². The standard InChI is InChI=1S/C13H17F2N3.HI/c1-10-7-16-13(18(10)9-12(14)15)17-8-11-5-3-2-4-6-11;/h2-6,10,12H,7-9H2,1H3,(H,16,17);1H/t10-;/m0./s1. The first-order valence-corrected chi connectivity index (χ1v) is 6.04. The lowest BCUT2D eigenvalue weighted by molar-refractivity contribution is 0.108. The average molecular weight is 381 g/mol. The predicted molar refractivity (Wildman–Crippen MR) is 83.2 cm³/mol. The monoisotopic (exact) mass is 381 g/mol. The number of halogens is 3. The second-order valence-corrected chi connectivity index (χ2v) is 4.40. The third-order valence-corrected chi connectivity index (χ3v) is 2.94. The maximum atomic E-state index is 12.5. The van der Waals surface area contributed by atoms with E-state index >= 15 is 0 Å². The first-order valence-electron chi connectivity index (χ1n) is 6.04. The molecule has 1 atom stereocenters. The molecule has 0 spiro atoms. The van der Waals surface area contributed by atoms with Crippen molar-refractivity contribution in [3.8, 4) is 0 Å². The van der Waals surface area contributed by atoms with Gasteiger partial charge in [0, 0.05) is 12.6 Å². The maximum absolute atomic E-state index is 12.5. The highest BCUT2D eigenvalue weighted by Gasteiger charge is 2.26. The summed E-state index contributed by atoms with van der Waals surface area (Å²) in [5.41, 5.74) is 1.11. The molecule has 1 aliphatic heterocycles. The van der Waals surface area contributed by atoms with E-state index in [0.29, 0.717) is 19.0 Å². The van der Waals surface area contributed by atoms with Gasteiger partial charge in [-0.3, -0.25) is 4.99 Å². The molecule has 0 unspecified atom stereocenters. The summed E-state index contributed by atoms with van der Waals surface area (Å²) in [6.45, 7) is 2.82. The molecule has 1 aliphatic rings. The van der Waals surface area contributed by atoms with Crippen LogP contribution in [0.2, 0.25) is 0 Å². The molecule has 2 rings (SSSR count). The SMILES string of the molecule is C[C@H]1CN=C(NCc2ccccc2)N1CC(F)F.I. The van der Waals surface area contributed by atoms with Gasteiger partial charge in [0.15, 0.2) is 5.96 Å². The highest BCUT2D eigenvalue weighted by molar-refractivity contribution is 14.0. The molecule has 0 amide bonds. The van der Waals surface area contributed by atoms with Crippen LogP contribution >= 0.6 is 24.0 Å². The lowest BCUT2D eigenvalue weighted by Gasteiger charge is -2.25. The van der Waals surface area contributed by atoms with E-state index in [4.69, 9.17) is 0 Å². The van der Waals surface area contributed by atoms with Crippen LogP contribution in [-0.4, -0.2) is 36.4 Å². The maximum Gasteiger partial charge on any atom is 0.255 e. The van der Waals surface area contributed by atoms with Crippen molar-refractivity contribution in [3.05, 3.63) is 35.9 Å². The van der Waals surface area contributed by atoms with Gasteiger partial charge < -0.3 is 10.2 Å². The van der Waals surface area contributed by atoms with Crippen molar-refractivity contribution in [1.82, 2.24) is 10.2 Å². The third-order valence-electron chi connectivity index (χ3n) is 2.94. The minimum absolute atomic E-state index is 0. The minimum atomic E-state index is -2.34. The molecule has 106 valence electrons. The number of benzene rings is 1. The van der Waals surface area contributed by atoms with Crippen LogP contribution in [0.4, 0.5) is 8.78 Å². The fourth-order valence-electron chi connectivity index (χ4n) is 1.97. The summed E-state index contributed by atoms with van der Waals surface area (Å²) in [7, 11) is 0. The summed E-state index contributed by atoms with van der Waals surface area (Å²) in [4.78, 5) is 5.90. The van der Waals surface area contributed by atoms with E-state index in [-0.39, 0.29) is 36.6 Å². The van der Waals surface area contributed by atoms with Crippen molar-refractivity contribution in [1.29, 1.82) is 0 Å². The van der Waals surface area contributed by atoms with Gasteiger partial charge in [0.05, 0.1) is 13.1 Å². The number of nitrogens with one attached hydrogen (secondary N) is 1. The Bertz CT molecular complexity index is 412. The van der Waals surface area contributed by atoms with Crippen molar-refractivity contribution in [2.24, 2.45) is 4.99 Å². The number of guanidine groups is 1. The molecular weight excluding hydrogens is 363 g/mol. The molecule has 0 saturated heterocycles. The van der Waals surface area contributed by atoms with Gasteiger partial charge in [-0.25, -0.2) is 8.78 Å². The van der Waals surface area contributed by atoms with E-state index in [1.807, 2.05) is 37.3 Å². The summed E-state index contributed by atoms with van der Waals surface area (Å²) < 4.78 is 24.9. The molecule has 19 heavy (non-hydrogen) atoms. The van der Waals surface area contributed by atoms with Gasteiger partial charge in [-0.05, 0) is 12.5 Å². The number of aliphatic imine (C=N–C) groups is 1. The minimum Gasteiger partial charge on any atom is -0.352 e. The quantitative estimate of drug-likeness (QED) is 0.813. The lowest BCUT2D eigenvalue weighted by atomic mass is 10.2. The fourth-order valence-corrected chi connectivity index (χ4v) is 1.97. The highest BCUT2D eigenvalue weighted by Crippen LogP contribution is 2.11. The topological polar surface area (TPSA) is 27.6 Å². The zero-order valence-electron chi connectivity index (χ0n) is 10.7. The van der Waals surface area contributed by atoms with E-state index in [9.17, 15) is 8.78 Å². The number of hydrogen-bond acceptors (Lipinski definition) is 3. The van der Waals surface area contributed by atoms with Crippen molar-refractivity contribution in [2.75, 3.05) is 13.1 Å². The Morgan fingerprint density at radius 3 is 2.68 bits per heavy atom. The average Bonchev–Trinajstić information content (AvgIpc) is 2.69. The Morgan fingerprint density at radius 2 is 2.05 bits per heavy atom. The molecule has 1 heterocycles. The molecule has 0 radical (unpaired) electrons. The molecule has 0 aliphatic carbocycles. The normalized spacial score (nSPS) is 18.2. The van der Waals surface area contributed by atoms with Crippen LogP contribution in [0.25, 0.3) is 0 Å². The summed E-state index contributed by atoms with van der Waals surface area (Å²) in [5.74, 6) is 0.576. The van der Waals surface area contributed by atoms with Crippen molar-refractivity contribution < 1.29 is 8.78 Å². The summed E-state index contributed by atoms with van der Waals surface area (Å²) >= 11 is 0. The van der Waals surface area contributed by atoms with Crippen molar-refractivity contribution in [3.63, 3.8) is 0 Å². The number of hydrogen-bond donors (Lipinski definition) is 1. The molecule has 0 bridgehead atoms. The number of rotatable bonds is 4. The van der Waals surface area contributed by atoms with Gasteiger partial charge in [0.1, 0.15) is 0 Å². The molecule has 1 N–H and O–H groups in total. The number of nitrogens with zero attached hydrogens (tertiary/aromatic N) is 2. The third kappa shape index (κ3) is 4.59. The van der Waals surface area contributed by atoms with Gasteiger partial charge in [0.2, 0.25) is 0 Å². The second kappa shape index (κ2) is 7.62. The molecule has 3 nitrogen and oxygen atoms in total. The zero-order chi connectivity index (χ0) is 13.0. The van der Waals surface area contributed by atoms with Gasteiger partial charge in [-0.1, -0.05) is 30.3 Å². The second-order valence-electron chi connectivity index (χ2n) is 4.40. The van der Waals surface area contributed by atoms with Crippen LogP contribution in [-0.2, 0) is 6.54 Å². The van der Waals surface area contributed by atoms with E-state index in [1.54, 1.807) is 4.90 Å². The van der Waals surface area contributed by atoms with Crippen LogP contribution < -0.4 is 5.32 Å². The van der Waals surface area contributed by atoms with Crippen molar-refractivity contribution >= 4 is 29.9 Å². The molecule has 0 saturated carbocycles. The van der Waals surface area contributed by atoms with E-state index in [0.717, 1.165) is 5.56 Å². The summed E-state index contributed by atoms with van der Waals surface area (Å²) in [5, 5.41) is 3.13. The van der Waals surface area contributed by atoms with Gasteiger partial charge in [0.25, 0.3) is 6.43 Å². The van der Waals surface area contributed by atoms with E-state index in [2.05, 4.69) is 10.3 Å². The lowest BCUT2D eigenvalue weighted by Crippen LogP contribution is -2.44.